The fourth-order valence-corrected chi connectivity index (χ4v) is 2.82. The van der Waals surface area contributed by atoms with Gasteiger partial charge in [0.1, 0.15) is 0 Å². The number of carbonyl (C=O) groups is 3. The Morgan fingerprint density at radius 1 is 1.15 bits per heavy atom. The molecule has 0 radical (unpaired) electrons. The van der Waals surface area contributed by atoms with Gasteiger partial charge < -0.3 is 15.8 Å². The zero-order valence-electron chi connectivity index (χ0n) is 13.6. The second kappa shape index (κ2) is 9.25. The minimum Gasteiger partial charge on any atom is -0.452 e. The highest BCUT2D eigenvalue weighted by Crippen LogP contribution is 2.23. The van der Waals surface area contributed by atoms with Crippen LogP contribution in [0.15, 0.2) is 53.4 Å². The quantitative estimate of drug-likeness (QED) is 0.568. The Bertz CT molecular complexity index is 877. The average Bonchev–Trinajstić information content (AvgIpc) is 2.64. The van der Waals surface area contributed by atoms with Gasteiger partial charge in [0, 0.05) is 10.6 Å². The van der Waals surface area contributed by atoms with Crippen molar-refractivity contribution < 1.29 is 19.1 Å². The lowest BCUT2D eigenvalue weighted by atomic mass is 10.2. The normalized spacial score (nSPS) is 9.81. The van der Waals surface area contributed by atoms with Crippen LogP contribution in [0, 0.1) is 11.3 Å². The van der Waals surface area contributed by atoms with Crippen molar-refractivity contribution in [2.24, 2.45) is 5.73 Å². The van der Waals surface area contributed by atoms with Crippen molar-refractivity contribution in [3.8, 4) is 6.07 Å². The van der Waals surface area contributed by atoms with E-state index in [1.54, 1.807) is 48.5 Å². The van der Waals surface area contributed by atoms with Crippen LogP contribution in [-0.2, 0) is 14.3 Å². The molecule has 8 heteroatoms. The van der Waals surface area contributed by atoms with Crippen molar-refractivity contribution in [3.63, 3.8) is 0 Å². The number of nitrogens with two attached hydrogens (primary N) is 1. The number of thioether (sulfide) groups is 1. The summed E-state index contributed by atoms with van der Waals surface area (Å²) >= 11 is 1.15. The molecule has 0 bridgehead atoms. The van der Waals surface area contributed by atoms with Crippen LogP contribution >= 0.6 is 11.8 Å². The molecule has 0 saturated heterocycles. The highest BCUT2D eigenvalue weighted by Gasteiger charge is 2.15. The summed E-state index contributed by atoms with van der Waals surface area (Å²) in [6, 6.07) is 15.1. The molecule has 2 aromatic rings. The molecular formula is C18H15N3O4S. The molecule has 2 rings (SSSR count). The van der Waals surface area contributed by atoms with E-state index in [0.717, 1.165) is 11.8 Å². The molecule has 0 aliphatic heterocycles. The summed E-state index contributed by atoms with van der Waals surface area (Å²) in [4.78, 5) is 35.4. The number of amides is 2. The van der Waals surface area contributed by atoms with E-state index in [1.807, 2.05) is 6.07 Å². The Balaban J connectivity index is 1.98. The number of ether oxygens (including phenoxy) is 1. The monoisotopic (exact) mass is 369 g/mol. The van der Waals surface area contributed by atoms with Crippen LogP contribution in [0.3, 0.4) is 0 Å². The SMILES string of the molecule is N#Cc1cccc(NC(=O)CSc2ccccc2C(=O)OCC(N)=O)c1. The second-order valence-electron chi connectivity index (χ2n) is 5.07. The molecule has 0 fully saturated rings. The highest BCUT2D eigenvalue weighted by molar-refractivity contribution is 8.00. The average molecular weight is 369 g/mol. The van der Waals surface area contributed by atoms with Crippen LogP contribution in [0.1, 0.15) is 15.9 Å². The van der Waals surface area contributed by atoms with Gasteiger partial charge in [0.15, 0.2) is 6.61 Å². The fourth-order valence-electron chi connectivity index (χ4n) is 1.98. The van der Waals surface area contributed by atoms with E-state index in [2.05, 4.69) is 5.32 Å². The number of primary amides is 1. The molecule has 132 valence electrons. The van der Waals surface area contributed by atoms with E-state index in [4.69, 9.17) is 15.7 Å². The molecule has 3 N–H and O–H groups in total. The van der Waals surface area contributed by atoms with Crippen molar-refractivity contribution in [1.29, 1.82) is 5.26 Å². The molecule has 7 nitrogen and oxygen atoms in total. The first-order valence-corrected chi connectivity index (χ1v) is 8.45. The first-order valence-electron chi connectivity index (χ1n) is 7.47. The number of anilines is 1. The maximum atomic E-state index is 12.1. The van der Waals surface area contributed by atoms with E-state index in [-0.39, 0.29) is 17.2 Å². The number of nitriles is 1. The molecule has 2 aromatic carbocycles. The third-order valence-electron chi connectivity index (χ3n) is 3.09. The van der Waals surface area contributed by atoms with Crippen LogP contribution in [0.2, 0.25) is 0 Å². The summed E-state index contributed by atoms with van der Waals surface area (Å²) in [5, 5.41) is 11.6. The van der Waals surface area contributed by atoms with E-state index in [9.17, 15) is 14.4 Å². The third kappa shape index (κ3) is 5.65. The molecule has 2 amide bonds. The predicted octanol–water partition coefficient (Wildman–Crippen LogP) is 1.93. The summed E-state index contributed by atoms with van der Waals surface area (Å²) in [7, 11) is 0. The summed E-state index contributed by atoms with van der Waals surface area (Å²) in [6.07, 6.45) is 0. The Hall–Kier alpha value is -3.31. The molecular weight excluding hydrogens is 354 g/mol. The van der Waals surface area contributed by atoms with Gasteiger partial charge >= 0.3 is 5.97 Å². The number of rotatable bonds is 7. The molecule has 0 aliphatic carbocycles. The Morgan fingerprint density at radius 3 is 2.65 bits per heavy atom. The molecule has 0 atom stereocenters. The number of hydrogen-bond donors (Lipinski definition) is 2. The molecule has 0 unspecified atom stereocenters. The fraction of sp³-hybridized carbons (Fsp3) is 0.111. The lowest BCUT2D eigenvalue weighted by Gasteiger charge is -2.09. The molecule has 0 saturated carbocycles. The number of carbonyl (C=O) groups excluding carboxylic acids is 3. The van der Waals surface area contributed by atoms with Gasteiger partial charge in [-0.25, -0.2) is 4.79 Å². The molecule has 0 aliphatic rings. The van der Waals surface area contributed by atoms with E-state index >= 15 is 0 Å². The summed E-state index contributed by atoms with van der Waals surface area (Å²) in [5.41, 5.74) is 6.16. The number of benzene rings is 2. The standard InChI is InChI=1S/C18H15N3O4S/c19-9-12-4-3-5-13(8-12)21-17(23)11-26-15-7-2-1-6-14(15)18(24)25-10-16(20)22/h1-8H,10-11H2,(H2,20,22)(H,21,23). The van der Waals surface area contributed by atoms with Crippen molar-refractivity contribution in [3.05, 3.63) is 59.7 Å². The largest absolute Gasteiger partial charge is 0.452 e. The van der Waals surface area contributed by atoms with Crippen LogP contribution in [0.4, 0.5) is 5.69 Å². The topological polar surface area (TPSA) is 122 Å². The van der Waals surface area contributed by atoms with Gasteiger partial charge in [0.2, 0.25) is 5.91 Å². The Morgan fingerprint density at radius 2 is 1.92 bits per heavy atom. The molecule has 26 heavy (non-hydrogen) atoms. The number of esters is 1. The summed E-state index contributed by atoms with van der Waals surface area (Å²) in [5.74, 6) is -1.67. The van der Waals surface area contributed by atoms with Gasteiger partial charge in [0.25, 0.3) is 5.91 Å². The second-order valence-corrected chi connectivity index (χ2v) is 6.09. The number of nitrogens with one attached hydrogen (secondary N) is 1. The molecule has 0 spiro atoms. The lowest BCUT2D eigenvalue weighted by Crippen LogP contribution is -2.21. The zero-order chi connectivity index (χ0) is 18.9. The number of nitrogens with zero attached hydrogens (tertiary/aromatic N) is 1. The lowest BCUT2D eigenvalue weighted by molar-refractivity contribution is -0.121. The van der Waals surface area contributed by atoms with Gasteiger partial charge in [0.05, 0.1) is 22.9 Å². The third-order valence-corrected chi connectivity index (χ3v) is 4.16. The van der Waals surface area contributed by atoms with Gasteiger partial charge in [-0.2, -0.15) is 5.26 Å². The Kier molecular flexibility index (Phi) is 6.76. The highest BCUT2D eigenvalue weighted by atomic mass is 32.2. The van der Waals surface area contributed by atoms with Crippen molar-refractivity contribution in [2.45, 2.75) is 4.90 Å². The van der Waals surface area contributed by atoms with Crippen molar-refractivity contribution in [2.75, 3.05) is 17.7 Å². The Labute approximate surface area is 154 Å². The first-order chi connectivity index (χ1) is 12.5. The van der Waals surface area contributed by atoms with Crippen molar-refractivity contribution in [1.82, 2.24) is 0 Å². The van der Waals surface area contributed by atoms with E-state index < -0.39 is 18.5 Å². The summed E-state index contributed by atoms with van der Waals surface area (Å²) in [6.45, 7) is -0.506. The number of hydrogen-bond acceptors (Lipinski definition) is 6. The van der Waals surface area contributed by atoms with Crippen molar-refractivity contribution >= 4 is 35.2 Å². The predicted molar refractivity (Wildman–Crippen MR) is 96.4 cm³/mol. The summed E-state index contributed by atoms with van der Waals surface area (Å²) < 4.78 is 4.80. The van der Waals surface area contributed by atoms with E-state index in [1.165, 1.54) is 0 Å². The minimum atomic E-state index is -0.748. The van der Waals surface area contributed by atoms with Gasteiger partial charge in [-0.3, -0.25) is 9.59 Å². The zero-order valence-corrected chi connectivity index (χ0v) is 14.4. The van der Waals surface area contributed by atoms with Crippen LogP contribution in [-0.4, -0.2) is 30.1 Å². The van der Waals surface area contributed by atoms with Crippen LogP contribution in [0.25, 0.3) is 0 Å². The van der Waals surface area contributed by atoms with E-state index in [0.29, 0.717) is 16.1 Å². The maximum Gasteiger partial charge on any atom is 0.339 e. The van der Waals surface area contributed by atoms with Gasteiger partial charge in [-0.1, -0.05) is 18.2 Å². The van der Waals surface area contributed by atoms with Gasteiger partial charge in [-0.15, -0.1) is 11.8 Å². The van der Waals surface area contributed by atoms with Crippen LogP contribution < -0.4 is 11.1 Å². The molecule has 0 heterocycles. The van der Waals surface area contributed by atoms with Gasteiger partial charge in [-0.05, 0) is 30.3 Å². The first kappa shape index (κ1) is 19.0. The minimum absolute atomic E-state index is 0.0525. The van der Waals surface area contributed by atoms with Crippen LogP contribution in [0.5, 0.6) is 0 Å². The molecule has 0 aromatic heterocycles. The smallest absolute Gasteiger partial charge is 0.339 e. The maximum absolute atomic E-state index is 12.1.